The van der Waals surface area contributed by atoms with Crippen LogP contribution in [0.2, 0.25) is 0 Å². The number of esters is 1. The fraction of sp³-hybridized carbons (Fsp3) is 0.588. The van der Waals surface area contributed by atoms with Crippen LogP contribution in [-0.4, -0.2) is 31.9 Å². The molecule has 118 valence electrons. The van der Waals surface area contributed by atoms with E-state index in [1.54, 1.807) is 7.11 Å². The van der Waals surface area contributed by atoms with Crippen LogP contribution in [0.4, 0.5) is 0 Å². The lowest BCUT2D eigenvalue weighted by atomic mass is 9.85. The van der Waals surface area contributed by atoms with E-state index >= 15 is 0 Å². The van der Waals surface area contributed by atoms with Crippen molar-refractivity contribution in [2.45, 2.75) is 46.5 Å². The van der Waals surface area contributed by atoms with E-state index in [0.29, 0.717) is 13.2 Å². The fourth-order valence-corrected chi connectivity index (χ4v) is 2.14. The van der Waals surface area contributed by atoms with Crippen LogP contribution in [0.15, 0.2) is 30.3 Å². The van der Waals surface area contributed by atoms with Gasteiger partial charge in [-0.25, -0.2) is 0 Å². The van der Waals surface area contributed by atoms with E-state index in [0.717, 1.165) is 5.56 Å². The Hall–Kier alpha value is -1.39. The molecule has 0 saturated carbocycles. The molecular weight excluding hydrogens is 268 g/mol. The van der Waals surface area contributed by atoms with Gasteiger partial charge in [-0.05, 0) is 5.56 Å². The summed E-state index contributed by atoms with van der Waals surface area (Å²) in [5, 5.41) is 0. The van der Waals surface area contributed by atoms with Crippen molar-refractivity contribution in [3.8, 4) is 0 Å². The first-order valence-electron chi connectivity index (χ1n) is 7.16. The van der Waals surface area contributed by atoms with Crippen molar-refractivity contribution in [3.63, 3.8) is 0 Å². The minimum absolute atomic E-state index is 0.220. The van der Waals surface area contributed by atoms with Gasteiger partial charge >= 0.3 is 5.97 Å². The Morgan fingerprint density at radius 3 is 2.29 bits per heavy atom. The molecule has 2 atom stereocenters. The molecule has 1 rings (SSSR count). The normalized spacial score (nSPS) is 14.5. The number of hydrogen-bond donors (Lipinski definition) is 0. The maximum absolute atomic E-state index is 11.3. The van der Waals surface area contributed by atoms with E-state index in [2.05, 4.69) is 0 Å². The molecule has 0 radical (unpaired) electrons. The Labute approximate surface area is 127 Å². The summed E-state index contributed by atoms with van der Waals surface area (Å²) in [7, 11) is 1.61. The molecule has 0 aromatic heterocycles. The molecule has 0 saturated heterocycles. The molecule has 4 nitrogen and oxygen atoms in total. The van der Waals surface area contributed by atoms with Crippen molar-refractivity contribution in [2.24, 2.45) is 5.41 Å². The highest BCUT2D eigenvalue weighted by Gasteiger charge is 2.35. The van der Waals surface area contributed by atoms with Gasteiger partial charge in [0.05, 0.1) is 13.2 Å². The molecule has 1 aromatic rings. The van der Waals surface area contributed by atoms with E-state index in [-0.39, 0.29) is 23.6 Å². The van der Waals surface area contributed by atoms with Gasteiger partial charge in [-0.2, -0.15) is 0 Å². The second-order valence-electron chi connectivity index (χ2n) is 6.17. The summed E-state index contributed by atoms with van der Waals surface area (Å²) < 4.78 is 16.6. The molecule has 0 unspecified atom stereocenters. The molecular formula is C17H26O4. The Morgan fingerprint density at radius 1 is 1.19 bits per heavy atom. The van der Waals surface area contributed by atoms with Gasteiger partial charge in [0.25, 0.3) is 0 Å². The molecule has 21 heavy (non-hydrogen) atoms. The van der Waals surface area contributed by atoms with Crippen molar-refractivity contribution < 1.29 is 19.0 Å². The Morgan fingerprint density at radius 2 is 1.81 bits per heavy atom. The standard InChI is InChI=1S/C17H26O4/c1-13(18)21-16(17(2,3)4)15(19-5)12-20-11-14-9-7-6-8-10-14/h6-10,15-16H,11-12H2,1-5H3/t15-,16-/m0/s1. The van der Waals surface area contributed by atoms with E-state index in [1.807, 2.05) is 51.1 Å². The molecule has 0 aliphatic rings. The Bertz CT molecular complexity index is 422. The first-order chi connectivity index (χ1) is 9.84. The molecule has 0 aliphatic heterocycles. The molecule has 0 amide bonds. The molecule has 0 heterocycles. The molecule has 1 aromatic carbocycles. The van der Waals surface area contributed by atoms with Crippen LogP contribution in [0.5, 0.6) is 0 Å². The lowest BCUT2D eigenvalue weighted by molar-refractivity contribution is -0.168. The predicted octanol–water partition coefficient (Wildman–Crippen LogP) is 3.20. The van der Waals surface area contributed by atoms with Gasteiger partial charge in [0.1, 0.15) is 12.2 Å². The number of carbonyl (C=O) groups is 1. The zero-order valence-electron chi connectivity index (χ0n) is 13.6. The van der Waals surface area contributed by atoms with Gasteiger partial charge in [0, 0.05) is 19.4 Å². The average molecular weight is 294 g/mol. The summed E-state index contributed by atoms with van der Waals surface area (Å²) in [6.45, 7) is 8.35. The van der Waals surface area contributed by atoms with Crippen LogP contribution in [-0.2, 0) is 25.6 Å². The summed E-state index contributed by atoms with van der Waals surface area (Å²) >= 11 is 0. The molecule has 0 bridgehead atoms. The number of hydrogen-bond acceptors (Lipinski definition) is 4. The van der Waals surface area contributed by atoms with Gasteiger partial charge in [0.15, 0.2) is 0 Å². The van der Waals surface area contributed by atoms with E-state index < -0.39 is 0 Å². The van der Waals surface area contributed by atoms with Crippen LogP contribution < -0.4 is 0 Å². The predicted molar refractivity (Wildman–Crippen MR) is 81.9 cm³/mol. The van der Waals surface area contributed by atoms with E-state index in [4.69, 9.17) is 14.2 Å². The smallest absolute Gasteiger partial charge is 0.303 e. The number of benzene rings is 1. The summed E-state index contributed by atoms with van der Waals surface area (Å²) in [4.78, 5) is 11.3. The zero-order chi connectivity index (χ0) is 15.9. The summed E-state index contributed by atoms with van der Waals surface area (Å²) in [6, 6.07) is 9.94. The third-order valence-corrected chi connectivity index (χ3v) is 3.18. The molecule has 0 fully saturated rings. The lowest BCUT2D eigenvalue weighted by Gasteiger charge is -2.35. The number of rotatable bonds is 7. The molecule has 0 N–H and O–H groups in total. The van der Waals surface area contributed by atoms with Crippen molar-refractivity contribution in [2.75, 3.05) is 13.7 Å². The first-order valence-corrected chi connectivity index (χ1v) is 7.16. The zero-order valence-corrected chi connectivity index (χ0v) is 13.6. The van der Waals surface area contributed by atoms with Crippen LogP contribution in [0.3, 0.4) is 0 Å². The third kappa shape index (κ3) is 6.27. The van der Waals surface area contributed by atoms with Crippen LogP contribution in [0.25, 0.3) is 0 Å². The topological polar surface area (TPSA) is 44.8 Å². The van der Waals surface area contributed by atoms with Crippen molar-refractivity contribution >= 4 is 5.97 Å². The van der Waals surface area contributed by atoms with Crippen molar-refractivity contribution in [3.05, 3.63) is 35.9 Å². The molecule has 4 heteroatoms. The summed E-state index contributed by atoms with van der Waals surface area (Å²) in [5.74, 6) is -0.306. The van der Waals surface area contributed by atoms with Crippen molar-refractivity contribution in [1.82, 2.24) is 0 Å². The minimum Gasteiger partial charge on any atom is -0.459 e. The first kappa shape index (κ1) is 17.7. The van der Waals surface area contributed by atoms with Crippen LogP contribution >= 0.6 is 0 Å². The van der Waals surface area contributed by atoms with Gasteiger partial charge in [0.2, 0.25) is 0 Å². The highest BCUT2D eigenvalue weighted by atomic mass is 16.6. The monoisotopic (exact) mass is 294 g/mol. The maximum Gasteiger partial charge on any atom is 0.303 e. The molecule has 0 aliphatic carbocycles. The second-order valence-corrected chi connectivity index (χ2v) is 6.17. The summed E-state index contributed by atoms with van der Waals surface area (Å²) in [5.41, 5.74) is 0.884. The van der Waals surface area contributed by atoms with Crippen LogP contribution in [0, 0.1) is 5.41 Å². The lowest BCUT2D eigenvalue weighted by Crippen LogP contribution is -2.44. The highest BCUT2D eigenvalue weighted by Crippen LogP contribution is 2.27. The largest absolute Gasteiger partial charge is 0.459 e. The van der Waals surface area contributed by atoms with Gasteiger partial charge in [-0.1, -0.05) is 51.1 Å². The maximum atomic E-state index is 11.3. The van der Waals surface area contributed by atoms with Gasteiger partial charge in [-0.3, -0.25) is 4.79 Å². The number of ether oxygens (including phenoxy) is 3. The Balaban J connectivity index is 2.60. The summed E-state index contributed by atoms with van der Waals surface area (Å²) in [6.07, 6.45) is -0.645. The number of methoxy groups -OCH3 is 1. The fourth-order valence-electron chi connectivity index (χ4n) is 2.14. The third-order valence-electron chi connectivity index (χ3n) is 3.18. The van der Waals surface area contributed by atoms with Gasteiger partial charge < -0.3 is 14.2 Å². The number of carbonyl (C=O) groups excluding carboxylic acids is 1. The highest BCUT2D eigenvalue weighted by molar-refractivity contribution is 5.66. The average Bonchev–Trinajstić information content (AvgIpc) is 2.41. The Kier molecular flexibility index (Phi) is 6.85. The van der Waals surface area contributed by atoms with E-state index in [1.165, 1.54) is 6.92 Å². The van der Waals surface area contributed by atoms with Crippen molar-refractivity contribution in [1.29, 1.82) is 0 Å². The minimum atomic E-state index is -0.351. The van der Waals surface area contributed by atoms with Gasteiger partial charge in [-0.15, -0.1) is 0 Å². The van der Waals surface area contributed by atoms with E-state index in [9.17, 15) is 4.79 Å². The molecule has 0 spiro atoms. The SMILES string of the molecule is CO[C@@H](COCc1ccccc1)[C@H](OC(C)=O)C(C)(C)C. The quantitative estimate of drug-likeness (QED) is 0.724. The second kappa shape index (κ2) is 8.15. The van der Waals surface area contributed by atoms with Crippen LogP contribution in [0.1, 0.15) is 33.3 Å².